The highest BCUT2D eigenvalue weighted by Crippen LogP contribution is 2.18. The first kappa shape index (κ1) is 12.2. The molecule has 1 aromatic carbocycles. The maximum atomic E-state index is 9.80. The van der Waals surface area contributed by atoms with Crippen molar-refractivity contribution in [3.8, 4) is 0 Å². The van der Waals surface area contributed by atoms with E-state index < -0.39 is 0 Å². The summed E-state index contributed by atoms with van der Waals surface area (Å²) in [6.07, 6.45) is -0.304. The minimum absolute atomic E-state index is 0.0519. The molecule has 0 aliphatic carbocycles. The Kier molecular flexibility index (Phi) is 4.30. The number of hydrogen-bond acceptors (Lipinski definition) is 2. The Balaban J connectivity index is 2.28. The monoisotopic (exact) mass is 207 g/mol. The van der Waals surface area contributed by atoms with Gasteiger partial charge in [-0.1, -0.05) is 51.1 Å². The van der Waals surface area contributed by atoms with Crippen molar-refractivity contribution in [2.24, 2.45) is 5.41 Å². The summed E-state index contributed by atoms with van der Waals surface area (Å²) in [5.41, 5.74) is 1.20. The van der Waals surface area contributed by atoms with Gasteiger partial charge in [0.2, 0.25) is 0 Å². The van der Waals surface area contributed by atoms with Crippen LogP contribution in [0.1, 0.15) is 26.3 Å². The lowest BCUT2D eigenvalue weighted by Gasteiger charge is -2.26. The molecule has 2 N–H and O–H groups in total. The topological polar surface area (TPSA) is 32.3 Å². The quantitative estimate of drug-likeness (QED) is 0.793. The molecule has 0 spiro atoms. The highest BCUT2D eigenvalue weighted by Gasteiger charge is 2.21. The molecule has 0 heterocycles. The van der Waals surface area contributed by atoms with Crippen LogP contribution < -0.4 is 5.32 Å². The van der Waals surface area contributed by atoms with Gasteiger partial charge < -0.3 is 10.4 Å². The Bertz CT molecular complexity index is 276. The summed E-state index contributed by atoms with van der Waals surface area (Å²) in [6, 6.07) is 10.2. The van der Waals surface area contributed by atoms with Crippen LogP contribution in [0.2, 0.25) is 0 Å². The van der Waals surface area contributed by atoms with Gasteiger partial charge in [-0.3, -0.25) is 0 Å². The van der Waals surface area contributed by atoms with Gasteiger partial charge in [0.15, 0.2) is 0 Å². The van der Waals surface area contributed by atoms with E-state index in [-0.39, 0.29) is 11.5 Å². The minimum Gasteiger partial charge on any atom is -0.391 e. The van der Waals surface area contributed by atoms with Crippen molar-refractivity contribution in [2.45, 2.75) is 33.4 Å². The van der Waals surface area contributed by atoms with E-state index in [9.17, 15) is 5.11 Å². The molecule has 0 aliphatic rings. The first-order valence-corrected chi connectivity index (χ1v) is 5.43. The van der Waals surface area contributed by atoms with Gasteiger partial charge in [0.1, 0.15) is 0 Å². The summed E-state index contributed by atoms with van der Waals surface area (Å²) in [5.74, 6) is 0. The molecule has 0 amide bonds. The van der Waals surface area contributed by atoms with Crippen LogP contribution in [-0.2, 0) is 6.54 Å². The maximum absolute atomic E-state index is 9.80. The second-order valence-corrected chi connectivity index (χ2v) is 5.00. The smallest absolute Gasteiger partial charge is 0.0712 e. The van der Waals surface area contributed by atoms with Gasteiger partial charge in [-0.15, -0.1) is 0 Å². The third-order valence-corrected chi connectivity index (χ3v) is 2.51. The van der Waals surface area contributed by atoms with Gasteiger partial charge >= 0.3 is 0 Å². The molecule has 0 bridgehead atoms. The normalized spacial score (nSPS) is 13.9. The lowest BCUT2D eigenvalue weighted by atomic mass is 9.89. The SMILES string of the molecule is CC(C)(C)[C@H](O)CNCc1ccccc1. The maximum Gasteiger partial charge on any atom is 0.0712 e. The third kappa shape index (κ3) is 4.45. The average Bonchev–Trinajstić information content (AvgIpc) is 2.18. The molecule has 84 valence electrons. The van der Waals surface area contributed by atoms with Crippen LogP contribution in [-0.4, -0.2) is 17.8 Å². The van der Waals surface area contributed by atoms with Crippen molar-refractivity contribution in [1.29, 1.82) is 0 Å². The van der Waals surface area contributed by atoms with Crippen molar-refractivity contribution >= 4 is 0 Å². The highest BCUT2D eigenvalue weighted by atomic mass is 16.3. The second kappa shape index (κ2) is 5.29. The van der Waals surface area contributed by atoms with E-state index in [2.05, 4.69) is 17.4 Å². The zero-order valence-corrected chi connectivity index (χ0v) is 9.83. The lowest BCUT2D eigenvalue weighted by molar-refractivity contribution is 0.0628. The molecule has 0 radical (unpaired) electrons. The van der Waals surface area contributed by atoms with Crippen LogP contribution in [0.25, 0.3) is 0 Å². The largest absolute Gasteiger partial charge is 0.391 e. The fourth-order valence-electron chi connectivity index (χ4n) is 1.26. The van der Waals surface area contributed by atoms with Gasteiger partial charge in [0.25, 0.3) is 0 Å². The van der Waals surface area contributed by atoms with Crippen molar-refractivity contribution in [3.05, 3.63) is 35.9 Å². The first-order chi connectivity index (χ1) is 7.00. The number of benzene rings is 1. The Labute approximate surface area is 92.3 Å². The van der Waals surface area contributed by atoms with Crippen LogP contribution in [0, 0.1) is 5.41 Å². The summed E-state index contributed by atoms with van der Waals surface area (Å²) >= 11 is 0. The van der Waals surface area contributed by atoms with Crippen molar-refractivity contribution in [2.75, 3.05) is 6.54 Å². The number of nitrogens with one attached hydrogen (secondary N) is 1. The standard InChI is InChI=1S/C13H21NO/c1-13(2,3)12(15)10-14-9-11-7-5-4-6-8-11/h4-8,12,14-15H,9-10H2,1-3H3/t12-/m1/s1. The summed E-state index contributed by atoms with van der Waals surface area (Å²) in [7, 11) is 0. The van der Waals surface area contributed by atoms with Crippen molar-refractivity contribution in [1.82, 2.24) is 5.32 Å². The Hall–Kier alpha value is -0.860. The van der Waals surface area contributed by atoms with Crippen LogP contribution in [0.5, 0.6) is 0 Å². The molecule has 0 saturated heterocycles. The molecular formula is C13H21NO. The van der Waals surface area contributed by atoms with Crippen LogP contribution in [0.4, 0.5) is 0 Å². The Morgan fingerprint density at radius 1 is 1.20 bits per heavy atom. The summed E-state index contributed by atoms with van der Waals surface area (Å²) in [5, 5.41) is 13.1. The summed E-state index contributed by atoms with van der Waals surface area (Å²) in [4.78, 5) is 0. The van der Waals surface area contributed by atoms with E-state index in [0.717, 1.165) is 6.54 Å². The minimum atomic E-state index is -0.304. The van der Waals surface area contributed by atoms with Crippen molar-refractivity contribution < 1.29 is 5.11 Å². The van der Waals surface area contributed by atoms with Crippen LogP contribution in [0.3, 0.4) is 0 Å². The van der Waals surface area contributed by atoms with Crippen molar-refractivity contribution in [3.63, 3.8) is 0 Å². The van der Waals surface area contributed by atoms with E-state index in [4.69, 9.17) is 0 Å². The van der Waals surface area contributed by atoms with Gasteiger partial charge in [-0.05, 0) is 11.0 Å². The Morgan fingerprint density at radius 3 is 2.33 bits per heavy atom. The van der Waals surface area contributed by atoms with Crippen LogP contribution >= 0.6 is 0 Å². The molecule has 2 heteroatoms. The molecule has 0 fully saturated rings. The van der Waals surface area contributed by atoms with Gasteiger partial charge in [-0.25, -0.2) is 0 Å². The van der Waals surface area contributed by atoms with Gasteiger partial charge in [0.05, 0.1) is 6.10 Å². The zero-order chi connectivity index (χ0) is 11.3. The number of hydrogen-bond donors (Lipinski definition) is 2. The van der Waals surface area contributed by atoms with Gasteiger partial charge in [-0.2, -0.15) is 0 Å². The molecule has 0 aromatic heterocycles. The number of aliphatic hydroxyl groups excluding tert-OH is 1. The molecule has 0 unspecified atom stereocenters. The zero-order valence-electron chi connectivity index (χ0n) is 9.83. The molecule has 1 aromatic rings. The van der Waals surface area contributed by atoms with E-state index in [0.29, 0.717) is 6.54 Å². The Morgan fingerprint density at radius 2 is 1.80 bits per heavy atom. The van der Waals surface area contributed by atoms with Gasteiger partial charge in [0, 0.05) is 13.1 Å². The third-order valence-electron chi connectivity index (χ3n) is 2.51. The predicted molar refractivity (Wildman–Crippen MR) is 63.6 cm³/mol. The number of aliphatic hydroxyl groups is 1. The fraction of sp³-hybridized carbons (Fsp3) is 0.538. The molecule has 0 aliphatic heterocycles. The van der Waals surface area contributed by atoms with E-state index in [1.807, 2.05) is 39.0 Å². The fourth-order valence-corrected chi connectivity index (χ4v) is 1.26. The summed E-state index contributed by atoms with van der Waals surface area (Å²) < 4.78 is 0. The first-order valence-electron chi connectivity index (χ1n) is 5.43. The number of rotatable bonds is 4. The van der Waals surface area contributed by atoms with E-state index >= 15 is 0 Å². The molecule has 1 rings (SSSR count). The van der Waals surface area contributed by atoms with E-state index in [1.54, 1.807) is 0 Å². The molecule has 1 atom stereocenters. The molecule has 15 heavy (non-hydrogen) atoms. The average molecular weight is 207 g/mol. The molecular weight excluding hydrogens is 186 g/mol. The molecule has 0 saturated carbocycles. The molecule has 2 nitrogen and oxygen atoms in total. The predicted octanol–water partition coefficient (Wildman–Crippen LogP) is 2.18. The highest BCUT2D eigenvalue weighted by molar-refractivity contribution is 5.14. The second-order valence-electron chi connectivity index (χ2n) is 5.00. The van der Waals surface area contributed by atoms with E-state index in [1.165, 1.54) is 5.56 Å². The van der Waals surface area contributed by atoms with Crippen LogP contribution in [0.15, 0.2) is 30.3 Å². The summed E-state index contributed by atoms with van der Waals surface area (Å²) in [6.45, 7) is 7.58. The lowest BCUT2D eigenvalue weighted by Crippen LogP contribution is -2.36.